The number of aromatic nitrogens is 2. The lowest BCUT2D eigenvalue weighted by molar-refractivity contribution is 0.574. The smallest absolute Gasteiger partial charge is 0.183 e. The van der Waals surface area contributed by atoms with Crippen molar-refractivity contribution in [1.29, 1.82) is 0 Å². The molecule has 3 rings (SSSR count). The highest BCUT2D eigenvalue weighted by Crippen LogP contribution is 2.32. The van der Waals surface area contributed by atoms with Crippen molar-refractivity contribution in [2.24, 2.45) is 10.2 Å². The van der Waals surface area contributed by atoms with Gasteiger partial charge in [-0.3, -0.25) is 4.40 Å². The van der Waals surface area contributed by atoms with Gasteiger partial charge in [0.25, 0.3) is 0 Å². The molecule has 0 radical (unpaired) electrons. The lowest BCUT2D eigenvalue weighted by Gasteiger charge is -2.15. The molecule has 0 saturated carbocycles. The normalized spacial score (nSPS) is 12.3. The van der Waals surface area contributed by atoms with E-state index in [0.717, 1.165) is 29.3 Å². The number of hydrogen-bond donors (Lipinski definition) is 0. The summed E-state index contributed by atoms with van der Waals surface area (Å²) >= 11 is 0. The van der Waals surface area contributed by atoms with Gasteiger partial charge >= 0.3 is 0 Å². The van der Waals surface area contributed by atoms with Crippen LogP contribution in [0.25, 0.3) is 5.65 Å². The van der Waals surface area contributed by atoms with Gasteiger partial charge in [0.05, 0.1) is 11.4 Å². The van der Waals surface area contributed by atoms with Gasteiger partial charge < -0.3 is 0 Å². The lowest BCUT2D eigenvalue weighted by Crippen LogP contribution is -2.11. The highest BCUT2D eigenvalue weighted by molar-refractivity contribution is 5.54. The molecule has 0 fully saturated rings. The van der Waals surface area contributed by atoms with Crippen LogP contribution in [0.2, 0.25) is 0 Å². The number of fused-ring (bicyclic) bond motifs is 1. The maximum atomic E-state index is 4.73. The van der Waals surface area contributed by atoms with Gasteiger partial charge in [-0.15, -0.1) is 10.2 Å². The van der Waals surface area contributed by atoms with Crippen LogP contribution in [0.1, 0.15) is 39.0 Å². The van der Waals surface area contributed by atoms with Gasteiger partial charge in [-0.2, -0.15) is 0 Å². The van der Waals surface area contributed by atoms with Crippen molar-refractivity contribution in [1.82, 2.24) is 9.38 Å². The summed E-state index contributed by atoms with van der Waals surface area (Å²) in [6, 6.07) is 14.1. The van der Waals surface area contributed by atoms with E-state index in [1.165, 1.54) is 5.56 Å². The molecule has 0 aliphatic rings. The summed E-state index contributed by atoms with van der Waals surface area (Å²) in [5, 5.41) is 8.92. The van der Waals surface area contributed by atoms with E-state index in [9.17, 15) is 0 Å². The van der Waals surface area contributed by atoms with Crippen LogP contribution >= 0.6 is 0 Å². The van der Waals surface area contributed by atoms with Crippen molar-refractivity contribution in [2.75, 3.05) is 0 Å². The number of azo groups is 1. The molecular formula is C19H22N4. The average Bonchev–Trinajstić information content (AvgIpc) is 2.92. The van der Waals surface area contributed by atoms with Gasteiger partial charge in [0, 0.05) is 11.6 Å². The van der Waals surface area contributed by atoms with Crippen molar-refractivity contribution in [2.45, 2.75) is 39.5 Å². The second kappa shape index (κ2) is 5.95. The summed E-state index contributed by atoms with van der Waals surface area (Å²) in [5.74, 6) is 0.799. The largest absolute Gasteiger partial charge is 0.283 e. The monoisotopic (exact) mass is 306 g/mol. The number of hydrogen-bond acceptors (Lipinski definition) is 3. The van der Waals surface area contributed by atoms with Crippen LogP contribution in [-0.2, 0) is 11.8 Å². The number of rotatable bonds is 3. The Morgan fingerprint density at radius 3 is 2.39 bits per heavy atom. The molecule has 118 valence electrons. The first-order chi connectivity index (χ1) is 11.0. The fourth-order valence-corrected chi connectivity index (χ4v) is 2.48. The maximum Gasteiger partial charge on any atom is 0.183 e. The minimum atomic E-state index is -0.0908. The van der Waals surface area contributed by atoms with Crippen molar-refractivity contribution in [3.8, 4) is 0 Å². The molecule has 2 heterocycles. The zero-order valence-corrected chi connectivity index (χ0v) is 14.1. The molecule has 0 bridgehead atoms. The highest BCUT2D eigenvalue weighted by Gasteiger charge is 2.23. The summed E-state index contributed by atoms with van der Waals surface area (Å²) in [6.07, 6.45) is 3.00. The molecule has 0 unspecified atom stereocenters. The molecule has 2 aromatic heterocycles. The number of imidazole rings is 1. The van der Waals surface area contributed by atoms with Gasteiger partial charge in [-0.1, -0.05) is 45.9 Å². The standard InChI is InChI=1S/C19H22N4/c1-5-14-9-11-15(12-10-14)21-22-18-17(19(2,3)4)20-16-8-6-7-13-23(16)18/h6-13H,5H2,1-4H3. The van der Waals surface area contributed by atoms with Gasteiger partial charge in [0.2, 0.25) is 0 Å². The van der Waals surface area contributed by atoms with Crippen molar-refractivity contribution >= 4 is 17.2 Å². The Bertz CT molecular complexity index is 836. The van der Waals surface area contributed by atoms with E-state index in [1.54, 1.807) is 0 Å². The summed E-state index contributed by atoms with van der Waals surface area (Å²) in [5.41, 5.74) is 3.92. The van der Waals surface area contributed by atoms with Crippen LogP contribution in [0.15, 0.2) is 58.9 Å². The Hall–Kier alpha value is -2.49. The minimum absolute atomic E-state index is 0.0908. The summed E-state index contributed by atoms with van der Waals surface area (Å²) in [7, 11) is 0. The summed E-state index contributed by atoms with van der Waals surface area (Å²) in [4.78, 5) is 4.73. The SMILES string of the molecule is CCc1ccc(N=Nc2c(C(C)(C)C)nc3ccccn23)cc1. The van der Waals surface area contributed by atoms with Gasteiger partial charge in [-0.25, -0.2) is 4.98 Å². The van der Waals surface area contributed by atoms with Gasteiger partial charge in [0.1, 0.15) is 5.65 Å². The second-order valence-corrected chi connectivity index (χ2v) is 6.68. The van der Waals surface area contributed by atoms with E-state index in [4.69, 9.17) is 4.98 Å². The maximum absolute atomic E-state index is 4.73. The third-order valence-corrected chi connectivity index (χ3v) is 3.82. The molecular weight excluding hydrogens is 284 g/mol. The fourth-order valence-electron chi connectivity index (χ4n) is 2.48. The topological polar surface area (TPSA) is 42.0 Å². The Balaban J connectivity index is 2.05. The fraction of sp³-hybridized carbons (Fsp3) is 0.316. The van der Waals surface area contributed by atoms with Crippen LogP contribution in [0.4, 0.5) is 11.5 Å². The number of nitrogens with zero attached hydrogens (tertiary/aromatic N) is 4. The predicted octanol–water partition coefficient (Wildman–Crippen LogP) is 5.61. The van der Waals surface area contributed by atoms with Crippen LogP contribution in [0, 0.1) is 0 Å². The first-order valence-electron chi connectivity index (χ1n) is 7.97. The van der Waals surface area contributed by atoms with Crippen molar-refractivity contribution in [3.05, 3.63) is 59.9 Å². The van der Waals surface area contributed by atoms with E-state index < -0.39 is 0 Å². The summed E-state index contributed by atoms with van der Waals surface area (Å²) in [6.45, 7) is 8.57. The zero-order valence-electron chi connectivity index (χ0n) is 14.1. The molecule has 23 heavy (non-hydrogen) atoms. The molecule has 0 saturated heterocycles. The zero-order chi connectivity index (χ0) is 16.4. The Morgan fingerprint density at radius 1 is 1.00 bits per heavy atom. The molecule has 0 amide bonds. The lowest BCUT2D eigenvalue weighted by atomic mass is 9.92. The Kier molecular flexibility index (Phi) is 3.99. The molecule has 0 aliphatic heterocycles. The van der Waals surface area contributed by atoms with Crippen LogP contribution < -0.4 is 0 Å². The molecule has 0 N–H and O–H groups in total. The quantitative estimate of drug-likeness (QED) is 0.580. The highest BCUT2D eigenvalue weighted by atomic mass is 15.2. The van der Waals surface area contributed by atoms with Crippen LogP contribution in [0.5, 0.6) is 0 Å². The van der Waals surface area contributed by atoms with E-state index >= 15 is 0 Å². The first kappa shape index (κ1) is 15.4. The molecule has 4 nitrogen and oxygen atoms in total. The van der Waals surface area contributed by atoms with Crippen molar-refractivity contribution < 1.29 is 0 Å². The second-order valence-electron chi connectivity index (χ2n) is 6.68. The predicted molar refractivity (Wildman–Crippen MR) is 93.9 cm³/mol. The Labute approximate surface area is 136 Å². The molecule has 0 aliphatic carbocycles. The number of pyridine rings is 1. The minimum Gasteiger partial charge on any atom is -0.283 e. The molecule has 0 spiro atoms. The van der Waals surface area contributed by atoms with Gasteiger partial charge in [0.15, 0.2) is 5.82 Å². The third kappa shape index (κ3) is 3.16. The van der Waals surface area contributed by atoms with E-state index in [2.05, 4.69) is 50.1 Å². The van der Waals surface area contributed by atoms with Crippen LogP contribution in [-0.4, -0.2) is 9.38 Å². The van der Waals surface area contributed by atoms with E-state index in [0.29, 0.717) is 0 Å². The number of benzene rings is 1. The third-order valence-electron chi connectivity index (χ3n) is 3.82. The average molecular weight is 306 g/mol. The van der Waals surface area contributed by atoms with E-state index in [-0.39, 0.29) is 5.41 Å². The summed E-state index contributed by atoms with van der Waals surface area (Å²) < 4.78 is 1.99. The molecule has 1 aromatic carbocycles. The van der Waals surface area contributed by atoms with Crippen molar-refractivity contribution in [3.63, 3.8) is 0 Å². The Morgan fingerprint density at radius 2 is 1.74 bits per heavy atom. The first-order valence-corrected chi connectivity index (χ1v) is 7.97. The number of aryl methyl sites for hydroxylation is 1. The molecule has 3 aromatic rings. The van der Waals surface area contributed by atoms with Gasteiger partial charge in [-0.05, 0) is 36.2 Å². The molecule has 4 heteroatoms. The van der Waals surface area contributed by atoms with Crippen LogP contribution in [0.3, 0.4) is 0 Å². The van der Waals surface area contributed by atoms with E-state index in [1.807, 2.05) is 40.9 Å². The molecule has 0 atom stereocenters.